The maximum absolute atomic E-state index is 13.3. The lowest BCUT2D eigenvalue weighted by atomic mass is 10.1. The fourth-order valence-electron chi connectivity index (χ4n) is 4.98. The normalized spacial score (nSPS) is 17.9. The molecule has 3 amide bonds. The number of hydrogen-bond acceptors (Lipinski definition) is 7. The minimum atomic E-state index is -0.403. The molecule has 0 radical (unpaired) electrons. The standard InChI is InChI=1S/C29H26N6O3S/c1-3-17(2)32-18-9-10-19(15-18)33-27(36)26-25-24-22(13-14-30-28(24)39-26)35(29(37)34-25)23-12-11-21(16-31-23)38-20-7-5-4-6-8-20/h3-8,11-14,16,18-19,32H,1-2,9-10,15H2,(H,33,36)(H,34,37). The molecule has 1 aliphatic heterocycles. The average molecular weight is 539 g/mol. The highest BCUT2D eigenvalue weighted by atomic mass is 32.1. The van der Waals surface area contributed by atoms with E-state index in [0.717, 1.165) is 25.0 Å². The van der Waals surface area contributed by atoms with Crippen molar-refractivity contribution < 1.29 is 14.3 Å². The maximum Gasteiger partial charge on any atom is 0.332 e. The second-order valence-electron chi connectivity index (χ2n) is 9.40. The molecule has 0 saturated heterocycles. The molecule has 9 nitrogen and oxygen atoms in total. The SMILES string of the molecule is C=CC(=C)NC1CCC(NC(=O)c2sc3nccc4c3c2NC(=O)N4c2ccc(Oc3ccccc3)cn2)C1. The fourth-order valence-corrected chi connectivity index (χ4v) is 6.00. The molecule has 0 bridgehead atoms. The zero-order chi connectivity index (χ0) is 26.9. The molecule has 10 heteroatoms. The number of nitrogens with one attached hydrogen (secondary N) is 3. The van der Waals surface area contributed by atoms with Crippen LogP contribution in [0.5, 0.6) is 11.5 Å². The number of hydrogen-bond donors (Lipinski definition) is 3. The zero-order valence-corrected chi connectivity index (χ0v) is 21.8. The number of carbonyl (C=O) groups is 2. The number of nitrogens with zero attached hydrogens (tertiary/aromatic N) is 3. The summed E-state index contributed by atoms with van der Waals surface area (Å²) in [7, 11) is 0. The molecule has 3 aromatic heterocycles. The van der Waals surface area contributed by atoms with Crippen LogP contribution in [0.25, 0.3) is 10.2 Å². The van der Waals surface area contributed by atoms with Crippen molar-refractivity contribution >= 4 is 50.7 Å². The summed E-state index contributed by atoms with van der Waals surface area (Å²) in [4.78, 5) is 38.2. The Morgan fingerprint density at radius 3 is 2.62 bits per heavy atom. The summed E-state index contributed by atoms with van der Waals surface area (Å²) >= 11 is 1.26. The largest absolute Gasteiger partial charge is 0.456 e. The van der Waals surface area contributed by atoms with E-state index in [1.54, 1.807) is 36.7 Å². The summed E-state index contributed by atoms with van der Waals surface area (Å²) in [5.41, 5.74) is 1.87. The molecule has 39 heavy (non-hydrogen) atoms. The average Bonchev–Trinajstić information content (AvgIpc) is 3.55. The number of amides is 3. The third-order valence-corrected chi connectivity index (χ3v) is 7.88. The molecule has 2 aliphatic rings. The predicted octanol–water partition coefficient (Wildman–Crippen LogP) is 6.11. The second kappa shape index (κ2) is 10.2. The third-order valence-electron chi connectivity index (χ3n) is 6.78. The van der Waals surface area contributed by atoms with E-state index in [4.69, 9.17) is 4.74 Å². The van der Waals surface area contributed by atoms with Crippen LogP contribution in [0.3, 0.4) is 0 Å². The van der Waals surface area contributed by atoms with Gasteiger partial charge in [0.25, 0.3) is 5.91 Å². The third kappa shape index (κ3) is 4.82. The molecule has 1 saturated carbocycles. The van der Waals surface area contributed by atoms with E-state index in [1.165, 1.54) is 16.2 Å². The highest BCUT2D eigenvalue weighted by Crippen LogP contribution is 2.45. The van der Waals surface area contributed by atoms with Gasteiger partial charge in [0.2, 0.25) is 0 Å². The number of thiophene rings is 1. The molecule has 1 fully saturated rings. The highest BCUT2D eigenvalue weighted by Gasteiger charge is 2.34. The lowest BCUT2D eigenvalue weighted by molar-refractivity contribution is 0.0942. The summed E-state index contributed by atoms with van der Waals surface area (Å²) in [6.07, 6.45) is 7.47. The number of ether oxygens (including phenoxy) is 1. The smallest absolute Gasteiger partial charge is 0.332 e. The van der Waals surface area contributed by atoms with Gasteiger partial charge in [-0.15, -0.1) is 11.3 Å². The van der Waals surface area contributed by atoms with Gasteiger partial charge in [-0.05, 0) is 55.7 Å². The summed E-state index contributed by atoms with van der Waals surface area (Å²) in [5, 5.41) is 10.1. The number of benzene rings is 1. The number of carbonyl (C=O) groups excluding carboxylic acids is 2. The van der Waals surface area contributed by atoms with Gasteiger partial charge < -0.3 is 20.7 Å². The Morgan fingerprint density at radius 1 is 1.08 bits per heavy atom. The number of allylic oxidation sites excluding steroid dienone is 1. The lowest BCUT2D eigenvalue weighted by Crippen LogP contribution is -2.37. The van der Waals surface area contributed by atoms with E-state index in [-0.39, 0.29) is 18.0 Å². The van der Waals surface area contributed by atoms with Crippen LogP contribution in [0.1, 0.15) is 28.9 Å². The number of urea groups is 1. The van der Waals surface area contributed by atoms with Crippen molar-refractivity contribution in [3.63, 3.8) is 0 Å². The molecule has 196 valence electrons. The van der Waals surface area contributed by atoms with Gasteiger partial charge in [0.05, 0.1) is 23.0 Å². The van der Waals surface area contributed by atoms with Crippen molar-refractivity contribution in [3.8, 4) is 11.5 Å². The van der Waals surface area contributed by atoms with Crippen LogP contribution in [-0.2, 0) is 0 Å². The number of para-hydroxylation sites is 1. The number of anilines is 3. The Bertz CT molecular complexity index is 1580. The number of aromatic nitrogens is 2. The molecule has 2 atom stereocenters. The van der Waals surface area contributed by atoms with Crippen LogP contribution in [0.2, 0.25) is 0 Å². The zero-order valence-electron chi connectivity index (χ0n) is 21.0. The van der Waals surface area contributed by atoms with E-state index in [2.05, 4.69) is 39.1 Å². The summed E-state index contributed by atoms with van der Waals surface area (Å²) < 4.78 is 5.83. The monoisotopic (exact) mass is 538 g/mol. The Hall–Kier alpha value is -4.70. The van der Waals surface area contributed by atoms with E-state index >= 15 is 0 Å². The fraction of sp³-hybridized carbons (Fsp3) is 0.172. The summed E-state index contributed by atoms with van der Waals surface area (Å²) in [6, 6.07) is 14.5. The highest BCUT2D eigenvalue weighted by molar-refractivity contribution is 7.21. The van der Waals surface area contributed by atoms with Gasteiger partial charge in [0.15, 0.2) is 0 Å². The van der Waals surface area contributed by atoms with Gasteiger partial charge in [-0.2, -0.15) is 0 Å². The summed E-state index contributed by atoms with van der Waals surface area (Å²) in [5.74, 6) is 1.45. The van der Waals surface area contributed by atoms with Gasteiger partial charge in [-0.3, -0.25) is 4.79 Å². The molecular weight excluding hydrogens is 512 g/mol. The van der Waals surface area contributed by atoms with Crippen LogP contribution < -0.4 is 25.6 Å². The van der Waals surface area contributed by atoms with E-state index in [0.29, 0.717) is 43.8 Å². The second-order valence-corrected chi connectivity index (χ2v) is 10.4. The Labute approximate surface area is 229 Å². The molecule has 1 aromatic carbocycles. The van der Waals surface area contributed by atoms with Crippen molar-refractivity contribution in [2.24, 2.45) is 0 Å². The molecule has 6 rings (SSSR count). The number of pyridine rings is 2. The molecule has 4 aromatic rings. The molecular formula is C29H26N6O3S. The van der Waals surface area contributed by atoms with Crippen molar-refractivity contribution in [2.75, 3.05) is 10.2 Å². The number of rotatable bonds is 8. The first-order valence-corrected chi connectivity index (χ1v) is 13.4. The lowest BCUT2D eigenvalue weighted by Gasteiger charge is -2.27. The molecule has 2 unspecified atom stereocenters. The van der Waals surface area contributed by atoms with Crippen LogP contribution in [0.4, 0.5) is 22.0 Å². The van der Waals surface area contributed by atoms with Crippen molar-refractivity contribution in [1.82, 2.24) is 20.6 Å². The molecule has 4 heterocycles. The van der Waals surface area contributed by atoms with E-state index in [1.807, 2.05) is 30.3 Å². The Kier molecular flexibility index (Phi) is 6.45. The first-order chi connectivity index (χ1) is 19.0. The van der Waals surface area contributed by atoms with Crippen LogP contribution >= 0.6 is 11.3 Å². The van der Waals surface area contributed by atoms with Gasteiger partial charge >= 0.3 is 6.03 Å². The Balaban J connectivity index is 1.24. The van der Waals surface area contributed by atoms with Gasteiger partial charge in [0, 0.05) is 24.0 Å². The van der Waals surface area contributed by atoms with Crippen LogP contribution in [-0.4, -0.2) is 34.0 Å². The quantitative estimate of drug-likeness (QED) is 0.234. The Morgan fingerprint density at radius 2 is 1.87 bits per heavy atom. The van der Waals surface area contributed by atoms with Gasteiger partial charge in [-0.25, -0.2) is 19.7 Å². The van der Waals surface area contributed by atoms with Crippen molar-refractivity contribution in [1.29, 1.82) is 0 Å². The minimum absolute atomic E-state index is 0.0223. The van der Waals surface area contributed by atoms with Gasteiger partial charge in [-0.1, -0.05) is 31.4 Å². The minimum Gasteiger partial charge on any atom is -0.456 e. The van der Waals surface area contributed by atoms with Crippen LogP contribution in [0.15, 0.2) is 85.9 Å². The van der Waals surface area contributed by atoms with Crippen molar-refractivity contribution in [3.05, 3.63) is 90.7 Å². The van der Waals surface area contributed by atoms with E-state index in [9.17, 15) is 9.59 Å². The summed E-state index contributed by atoms with van der Waals surface area (Å²) in [6.45, 7) is 7.64. The van der Waals surface area contributed by atoms with Crippen LogP contribution in [0, 0.1) is 0 Å². The van der Waals surface area contributed by atoms with Crippen molar-refractivity contribution in [2.45, 2.75) is 31.3 Å². The van der Waals surface area contributed by atoms with E-state index < -0.39 is 6.03 Å². The molecule has 1 aliphatic carbocycles. The molecule has 3 N–H and O–H groups in total. The first-order valence-electron chi connectivity index (χ1n) is 12.6. The molecule has 0 spiro atoms. The predicted molar refractivity (Wildman–Crippen MR) is 153 cm³/mol. The first kappa shape index (κ1) is 24.6. The van der Waals surface area contributed by atoms with Gasteiger partial charge in [0.1, 0.15) is 27.0 Å². The maximum atomic E-state index is 13.3. The topological polar surface area (TPSA) is 108 Å².